The third-order valence-corrected chi connectivity index (χ3v) is 7.63. The summed E-state index contributed by atoms with van der Waals surface area (Å²) >= 11 is 0. The molecular formula is C24H36N4O4S. The van der Waals surface area contributed by atoms with Crippen molar-refractivity contribution in [3.05, 3.63) is 47.5 Å². The molecular weight excluding hydrogens is 440 g/mol. The van der Waals surface area contributed by atoms with Gasteiger partial charge in [0.15, 0.2) is 0 Å². The molecule has 2 rings (SSSR count). The molecule has 0 aromatic heterocycles. The molecule has 182 valence electrons. The summed E-state index contributed by atoms with van der Waals surface area (Å²) in [6.45, 7) is 5.40. The van der Waals surface area contributed by atoms with E-state index < -0.39 is 10.0 Å². The zero-order valence-corrected chi connectivity index (χ0v) is 21.5. The maximum atomic E-state index is 13.1. The summed E-state index contributed by atoms with van der Waals surface area (Å²) in [5.74, 6) is 0.370. The molecule has 33 heavy (non-hydrogen) atoms. The molecule has 0 bridgehead atoms. The number of likely N-dealkylation sites (N-methyl/N-ethyl adjacent to an activating group) is 2. The monoisotopic (exact) mass is 476 g/mol. The molecule has 1 N–H and O–H groups in total. The first-order chi connectivity index (χ1) is 15.4. The van der Waals surface area contributed by atoms with Crippen LogP contribution in [0.5, 0.6) is 5.75 Å². The summed E-state index contributed by atoms with van der Waals surface area (Å²) < 4.78 is 32.6. The number of carbonyl (C=O) groups excluding carboxylic acids is 1. The largest absolute Gasteiger partial charge is 0.497 e. The zero-order valence-electron chi connectivity index (χ0n) is 20.7. The molecule has 8 nitrogen and oxygen atoms in total. The fourth-order valence-corrected chi connectivity index (χ4v) is 5.05. The Kier molecular flexibility index (Phi) is 9.27. The average molecular weight is 477 g/mol. The Labute approximate surface area is 198 Å². The Morgan fingerprint density at radius 2 is 1.52 bits per heavy atom. The second-order valence-corrected chi connectivity index (χ2v) is 10.5. The van der Waals surface area contributed by atoms with Crippen molar-refractivity contribution in [2.45, 2.75) is 25.2 Å². The molecule has 0 saturated carbocycles. The van der Waals surface area contributed by atoms with Gasteiger partial charge in [0.05, 0.1) is 12.0 Å². The Bertz CT molecular complexity index is 1030. The van der Waals surface area contributed by atoms with Crippen molar-refractivity contribution in [3.63, 3.8) is 0 Å². The number of hydrogen-bond acceptors (Lipinski definition) is 6. The van der Waals surface area contributed by atoms with Gasteiger partial charge < -0.3 is 19.9 Å². The van der Waals surface area contributed by atoms with E-state index in [4.69, 9.17) is 4.74 Å². The average Bonchev–Trinajstić information content (AvgIpc) is 2.75. The second-order valence-electron chi connectivity index (χ2n) is 8.49. The topological polar surface area (TPSA) is 82.2 Å². The maximum Gasteiger partial charge on any atom is 0.243 e. The molecule has 0 heterocycles. The summed E-state index contributed by atoms with van der Waals surface area (Å²) in [6.07, 6.45) is 0.0501. The predicted molar refractivity (Wildman–Crippen MR) is 134 cm³/mol. The van der Waals surface area contributed by atoms with Crippen LogP contribution in [0.15, 0.2) is 41.3 Å². The molecule has 0 aliphatic carbocycles. The van der Waals surface area contributed by atoms with Crippen molar-refractivity contribution in [1.82, 2.24) is 9.21 Å². The minimum absolute atomic E-state index is 0.0501. The summed E-state index contributed by atoms with van der Waals surface area (Å²) in [6, 6.07) is 11.0. The molecule has 0 saturated heterocycles. The van der Waals surface area contributed by atoms with Crippen LogP contribution in [0.4, 0.5) is 11.4 Å². The van der Waals surface area contributed by atoms with E-state index in [1.807, 2.05) is 45.4 Å². The van der Waals surface area contributed by atoms with E-state index in [-0.39, 0.29) is 23.8 Å². The lowest BCUT2D eigenvalue weighted by molar-refractivity contribution is -0.116. The summed E-state index contributed by atoms with van der Waals surface area (Å²) in [7, 11) is 5.40. The molecule has 0 spiro atoms. The fraction of sp³-hybridized carbons (Fsp3) is 0.458. The van der Waals surface area contributed by atoms with Crippen LogP contribution in [0, 0.1) is 13.8 Å². The third kappa shape index (κ3) is 7.18. The van der Waals surface area contributed by atoms with Crippen molar-refractivity contribution in [3.8, 4) is 5.75 Å². The molecule has 0 atom stereocenters. The van der Waals surface area contributed by atoms with Crippen molar-refractivity contribution >= 4 is 27.3 Å². The van der Waals surface area contributed by atoms with Crippen LogP contribution in [0.1, 0.15) is 17.5 Å². The van der Waals surface area contributed by atoms with Gasteiger partial charge in [0.25, 0.3) is 0 Å². The van der Waals surface area contributed by atoms with Gasteiger partial charge in [-0.05, 0) is 75.5 Å². The molecule has 1 amide bonds. The fourth-order valence-electron chi connectivity index (χ4n) is 3.47. The van der Waals surface area contributed by atoms with E-state index in [1.165, 1.54) is 11.4 Å². The summed E-state index contributed by atoms with van der Waals surface area (Å²) in [5.41, 5.74) is 2.96. The van der Waals surface area contributed by atoms with E-state index in [0.29, 0.717) is 22.6 Å². The van der Waals surface area contributed by atoms with Gasteiger partial charge in [0, 0.05) is 51.5 Å². The highest BCUT2D eigenvalue weighted by Crippen LogP contribution is 2.28. The predicted octanol–water partition coefficient (Wildman–Crippen LogP) is 2.96. The van der Waals surface area contributed by atoms with Crippen LogP contribution < -0.4 is 15.0 Å². The molecule has 9 heteroatoms. The molecule has 2 aromatic rings. The van der Waals surface area contributed by atoms with Crippen molar-refractivity contribution in [2.75, 3.05) is 65.2 Å². The van der Waals surface area contributed by atoms with Crippen molar-refractivity contribution in [2.24, 2.45) is 0 Å². The van der Waals surface area contributed by atoms with E-state index in [9.17, 15) is 13.2 Å². The van der Waals surface area contributed by atoms with Crippen molar-refractivity contribution < 1.29 is 17.9 Å². The number of aryl methyl sites for hydroxylation is 2. The minimum Gasteiger partial charge on any atom is -0.497 e. The number of hydrogen-bond donors (Lipinski definition) is 1. The highest BCUT2D eigenvalue weighted by Gasteiger charge is 2.25. The van der Waals surface area contributed by atoms with E-state index in [2.05, 4.69) is 15.1 Å². The van der Waals surface area contributed by atoms with Gasteiger partial charge in [-0.25, -0.2) is 12.7 Å². The quantitative estimate of drug-likeness (QED) is 0.537. The first-order valence-corrected chi connectivity index (χ1v) is 12.3. The number of ether oxygens (including phenoxy) is 1. The molecule has 0 radical (unpaired) electrons. The second kappa shape index (κ2) is 11.5. The van der Waals surface area contributed by atoms with Crippen molar-refractivity contribution in [1.29, 1.82) is 0 Å². The Balaban J connectivity index is 1.96. The van der Waals surface area contributed by atoms with Crippen LogP contribution >= 0.6 is 0 Å². The van der Waals surface area contributed by atoms with E-state index in [1.54, 1.807) is 33.1 Å². The normalized spacial score (nSPS) is 11.7. The smallest absolute Gasteiger partial charge is 0.243 e. The van der Waals surface area contributed by atoms with Gasteiger partial charge in [-0.1, -0.05) is 0 Å². The number of methoxy groups -OCH3 is 1. The maximum absolute atomic E-state index is 13.1. The van der Waals surface area contributed by atoms with Gasteiger partial charge >= 0.3 is 0 Å². The Morgan fingerprint density at radius 1 is 0.939 bits per heavy atom. The molecule has 0 aliphatic rings. The number of nitrogens with zero attached hydrogens (tertiary/aromatic N) is 3. The molecule has 0 fully saturated rings. The number of anilines is 2. The molecule has 2 aromatic carbocycles. The van der Waals surface area contributed by atoms with Gasteiger partial charge in [0.2, 0.25) is 15.9 Å². The van der Waals surface area contributed by atoms with E-state index in [0.717, 1.165) is 18.8 Å². The van der Waals surface area contributed by atoms with Crippen LogP contribution in [0.2, 0.25) is 0 Å². The van der Waals surface area contributed by atoms with Gasteiger partial charge in [-0.15, -0.1) is 0 Å². The van der Waals surface area contributed by atoms with Gasteiger partial charge in [-0.2, -0.15) is 0 Å². The number of carbonyl (C=O) groups is 1. The third-order valence-electron chi connectivity index (χ3n) is 5.47. The lowest BCUT2D eigenvalue weighted by Crippen LogP contribution is -2.31. The number of nitrogens with one attached hydrogen (secondary N) is 1. The first-order valence-electron chi connectivity index (χ1n) is 10.8. The van der Waals surface area contributed by atoms with Crippen LogP contribution in [-0.4, -0.2) is 78.5 Å². The van der Waals surface area contributed by atoms with Crippen LogP contribution in [0.25, 0.3) is 0 Å². The van der Waals surface area contributed by atoms with Crippen LogP contribution in [0.3, 0.4) is 0 Å². The number of amides is 1. The summed E-state index contributed by atoms with van der Waals surface area (Å²) in [5, 5.41) is 2.84. The highest BCUT2D eigenvalue weighted by atomic mass is 32.2. The Hall–Kier alpha value is -2.62. The lowest BCUT2D eigenvalue weighted by Gasteiger charge is -2.22. The SMILES string of the molecule is COc1cc(C)c(S(=O)(=O)N(C)CCC(=O)Nc2ccc(N(C)CCN(C)C)cc2)c(C)c1. The van der Waals surface area contributed by atoms with Gasteiger partial charge in [-0.3, -0.25) is 4.79 Å². The van der Waals surface area contributed by atoms with E-state index >= 15 is 0 Å². The molecule has 0 unspecified atom stereocenters. The number of sulfonamides is 1. The first kappa shape index (κ1) is 26.6. The molecule has 0 aliphatic heterocycles. The highest BCUT2D eigenvalue weighted by molar-refractivity contribution is 7.89. The number of rotatable bonds is 11. The zero-order chi connectivity index (χ0) is 24.8. The lowest BCUT2D eigenvalue weighted by atomic mass is 10.1. The summed E-state index contributed by atoms with van der Waals surface area (Å²) in [4.78, 5) is 17.0. The van der Waals surface area contributed by atoms with Gasteiger partial charge in [0.1, 0.15) is 5.75 Å². The van der Waals surface area contributed by atoms with Crippen LogP contribution in [-0.2, 0) is 14.8 Å². The Morgan fingerprint density at radius 3 is 2.03 bits per heavy atom. The minimum atomic E-state index is -3.73. The number of benzene rings is 2. The standard InChI is InChI=1S/C24H36N4O4S/c1-18-16-22(32-7)17-19(2)24(18)33(30,31)28(6)13-12-23(29)25-20-8-10-21(11-9-20)27(5)15-14-26(3)4/h8-11,16-17H,12-15H2,1-7H3,(H,25,29).